The summed E-state index contributed by atoms with van der Waals surface area (Å²) in [4.78, 5) is 13.7. The van der Waals surface area contributed by atoms with Crippen LogP contribution in [-0.2, 0) is 25.0 Å². The number of nitrogens with one attached hydrogen (secondary N) is 2. The van der Waals surface area contributed by atoms with Gasteiger partial charge in [-0.15, -0.1) is 11.3 Å². The van der Waals surface area contributed by atoms with Gasteiger partial charge in [0.05, 0.1) is 12.1 Å². The molecule has 2 aromatic rings. The summed E-state index contributed by atoms with van der Waals surface area (Å²) in [6, 6.07) is 6.31. The van der Waals surface area contributed by atoms with Crippen LogP contribution in [0.4, 0.5) is 10.5 Å². The number of carbonyl (C=O) groups excluding carboxylic acids is 1. The SMILES string of the molecule is C[C@@H](c1ccc2c(c1NC(=O)NCc1cc(C(C)(C)O)cs1)CCC2)C1CC1. The molecule has 4 rings (SSSR count). The maximum absolute atomic E-state index is 12.7. The number of hydrogen-bond acceptors (Lipinski definition) is 3. The average Bonchev–Trinajstić information content (AvgIpc) is 3.17. The van der Waals surface area contributed by atoms with Gasteiger partial charge in [0, 0.05) is 10.6 Å². The van der Waals surface area contributed by atoms with Crippen LogP contribution in [0.3, 0.4) is 0 Å². The Balaban J connectivity index is 1.47. The Hall–Kier alpha value is -1.85. The first-order valence-electron chi connectivity index (χ1n) is 10.3. The highest BCUT2D eigenvalue weighted by atomic mass is 32.1. The van der Waals surface area contributed by atoms with Crippen LogP contribution in [0.1, 0.15) is 73.1 Å². The normalized spacial score (nSPS) is 17.3. The molecule has 3 N–H and O–H groups in total. The van der Waals surface area contributed by atoms with Crippen molar-refractivity contribution in [3.8, 4) is 0 Å². The van der Waals surface area contributed by atoms with E-state index in [4.69, 9.17) is 0 Å². The van der Waals surface area contributed by atoms with Gasteiger partial charge in [-0.3, -0.25) is 0 Å². The lowest BCUT2D eigenvalue weighted by atomic mass is 9.91. The van der Waals surface area contributed by atoms with E-state index >= 15 is 0 Å². The maximum atomic E-state index is 12.7. The molecule has 1 saturated carbocycles. The Labute approximate surface area is 171 Å². The molecule has 1 heterocycles. The van der Waals surface area contributed by atoms with E-state index in [1.165, 1.54) is 36.0 Å². The van der Waals surface area contributed by atoms with Gasteiger partial charge in [0.1, 0.15) is 0 Å². The molecule has 0 unspecified atom stereocenters. The number of aliphatic hydroxyl groups is 1. The Morgan fingerprint density at radius 2 is 2.11 bits per heavy atom. The zero-order valence-electron chi connectivity index (χ0n) is 17.0. The molecule has 1 atom stereocenters. The number of carbonyl (C=O) groups is 1. The quantitative estimate of drug-likeness (QED) is 0.618. The second-order valence-corrected chi connectivity index (χ2v) is 9.81. The Kier molecular flexibility index (Phi) is 5.23. The third kappa shape index (κ3) is 4.11. The molecule has 0 spiro atoms. The van der Waals surface area contributed by atoms with Crippen molar-refractivity contribution in [3.63, 3.8) is 0 Å². The monoisotopic (exact) mass is 398 g/mol. The van der Waals surface area contributed by atoms with E-state index in [9.17, 15) is 9.90 Å². The first kappa shape index (κ1) is 19.5. The lowest BCUT2D eigenvalue weighted by Gasteiger charge is -2.20. The summed E-state index contributed by atoms with van der Waals surface area (Å²) in [5, 5.41) is 18.2. The lowest BCUT2D eigenvalue weighted by molar-refractivity contribution is 0.0790. The van der Waals surface area contributed by atoms with E-state index in [1.54, 1.807) is 25.2 Å². The second-order valence-electron chi connectivity index (χ2n) is 8.82. The van der Waals surface area contributed by atoms with Crippen LogP contribution in [0.15, 0.2) is 23.6 Å². The maximum Gasteiger partial charge on any atom is 0.319 e. The van der Waals surface area contributed by atoms with E-state index in [0.717, 1.165) is 34.9 Å². The van der Waals surface area contributed by atoms with Crippen LogP contribution in [0.25, 0.3) is 0 Å². The van der Waals surface area contributed by atoms with Gasteiger partial charge in [-0.25, -0.2) is 4.79 Å². The predicted octanol–water partition coefficient (Wildman–Crippen LogP) is 5.30. The minimum atomic E-state index is -0.852. The summed E-state index contributed by atoms with van der Waals surface area (Å²) in [6.07, 6.45) is 5.92. The van der Waals surface area contributed by atoms with Crippen molar-refractivity contribution in [2.45, 2.75) is 70.9 Å². The number of anilines is 1. The van der Waals surface area contributed by atoms with Crippen LogP contribution in [0, 0.1) is 5.92 Å². The number of rotatable bonds is 6. The largest absolute Gasteiger partial charge is 0.386 e. The molecule has 0 bridgehead atoms. The smallest absolute Gasteiger partial charge is 0.319 e. The van der Waals surface area contributed by atoms with Crippen molar-refractivity contribution < 1.29 is 9.90 Å². The molecule has 4 nitrogen and oxygen atoms in total. The van der Waals surface area contributed by atoms with Gasteiger partial charge < -0.3 is 15.7 Å². The predicted molar refractivity (Wildman–Crippen MR) is 115 cm³/mol. The minimum Gasteiger partial charge on any atom is -0.386 e. The number of amides is 2. The first-order valence-corrected chi connectivity index (χ1v) is 11.2. The molecule has 0 aliphatic heterocycles. The van der Waals surface area contributed by atoms with Crippen LogP contribution >= 0.6 is 11.3 Å². The van der Waals surface area contributed by atoms with E-state index in [-0.39, 0.29) is 6.03 Å². The lowest BCUT2D eigenvalue weighted by Crippen LogP contribution is -2.29. The Morgan fingerprint density at radius 1 is 1.32 bits per heavy atom. The van der Waals surface area contributed by atoms with E-state index in [0.29, 0.717) is 12.5 Å². The third-order valence-electron chi connectivity index (χ3n) is 6.16. The molecule has 5 heteroatoms. The summed E-state index contributed by atoms with van der Waals surface area (Å²) < 4.78 is 0. The molecule has 1 fully saturated rings. The minimum absolute atomic E-state index is 0.150. The summed E-state index contributed by atoms with van der Waals surface area (Å²) in [6.45, 7) is 6.31. The fraction of sp³-hybridized carbons (Fsp3) is 0.522. The van der Waals surface area contributed by atoms with Crippen molar-refractivity contribution in [3.05, 3.63) is 50.7 Å². The van der Waals surface area contributed by atoms with Gasteiger partial charge in [-0.2, -0.15) is 0 Å². The fourth-order valence-electron chi connectivity index (χ4n) is 4.18. The van der Waals surface area contributed by atoms with E-state index < -0.39 is 5.60 Å². The molecule has 1 aromatic heterocycles. The topological polar surface area (TPSA) is 61.4 Å². The van der Waals surface area contributed by atoms with Gasteiger partial charge in [0.15, 0.2) is 0 Å². The molecule has 0 saturated heterocycles. The zero-order chi connectivity index (χ0) is 19.9. The molecule has 150 valence electrons. The molecule has 2 amide bonds. The molecule has 2 aliphatic carbocycles. The van der Waals surface area contributed by atoms with Crippen LogP contribution < -0.4 is 10.6 Å². The fourth-order valence-corrected chi connectivity index (χ4v) is 5.17. The van der Waals surface area contributed by atoms with Crippen molar-refractivity contribution in [2.24, 2.45) is 5.92 Å². The number of urea groups is 1. The van der Waals surface area contributed by atoms with Gasteiger partial charge in [0.25, 0.3) is 0 Å². The van der Waals surface area contributed by atoms with Gasteiger partial charge in [-0.1, -0.05) is 19.1 Å². The van der Waals surface area contributed by atoms with E-state index in [2.05, 4.69) is 29.7 Å². The van der Waals surface area contributed by atoms with Crippen molar-refractivity contribution in [1.29, 1.82) is 0 Å². The van der Waals surface area contributed by atoms with Crippen LogP contribution in [0.5, 0.6) is 0 Å². The second kappa shape index (κ2) is 7.53. The van der Waals surface area contributed by atoms with Crippen molar-refractivity contribution in [2.75, 3.05) is 5.32 Å². The highest BCUT2D eigenvalue weighted by molar-refractivity contribution is 7.10. The van der Waals surface area contributed by atoms with Crippen molar-refractivity contribution >= 4 is 23.1 Å². The standard InChI is InChI=1S/C23H30N2O2S/c1-14(15-7-8-15)19-10-9-16-5-4-6-20(16)21(19)25-22(26)24-12-18-11-17(13-28-18)23(2,3)27/h9-11,13-15,27H,4-8,12H2,1-3H3,(H2,24,25,26)/t14-/m1/s1. The van der Waals surface area contributed by atoms with E-state index in [1.807, 2.05) is 11.4 Å². The summed E-state index contributed by atoms with van der Waals surface area (Å²) >= 11 is 1.56. The van der Waals surface area contributed by atoms with Crippen LogP contribution in [-0.4, -0.2) is 11.1 Å². The summed E-state index contributed by atoms with van der Waals surface area (Å²) in [5.74, 6) is 1.25. The third-order valence-corrected chi connectivity index (χ3v) is 7.09. The average molecular weight is 399 g/mol. The van der Waals surface area contributed by atoms with Gasteiger partial charge in [0.2, 0.25) is 0 Å². The number of hydrogen-bond donors (Lipinski definition) is 3. The van der Waals surface area contributed by atoms with Gasteiger partial charge in [-0.05, 0) is 91.5 Å². The first-order chi connectivity index (χ1) is 13.3. The summed E-state index contributed by atoms with van der Waals surface area (Å²) in [7, 11) is 0. The molecular formula is C23H30N2O2S. The van der Waals surface area contributed by atoms with Crippen molar-refractivity contribution in [1.82, 2.24) is 5.32 Å². The number of fused-ring (bicyclic) bond motifs is 1. The number of aryl methyl sites for hydroxylation is 1. The van der Waals surface area contributed by atoms with Crippen LogP contribution in [0.2, 0.25) is 0 Å². The number of benzene rings is 1. The Morgan fingerprint density at radius 3 is 2.79 bits per heavy atom. The highest BCUT2D eigenvalue weighted by Gasteiger charge is 2.32. The summed E-state index contributed by atoms with van der Waals surface area (Å²) in [5.41, 5.74) is 5.09. The molecule has 1 aromatic carbocycles. The zero-order valence-corrected chi connectivity index (χ0v) is 17.8. The van der Waals surface area contributed by atoms with Gasteiger partial charge >= 0.3 is 6.03 Å². The highest BCUT2D eigenvalue weighted by Crippen LogP contribution is 2.46. The molecular weight excluding hydrogens is 368 g/mol. The molecule has 2 aliphatic rings. The Bertz CT molecular complexity index is 877. The number of thiophene rings is 1. The molecule has 28 heavy (non-hydrogen) atoms. The molecule has 0 radical (unpaired) electrons.